The van der Waals surface area contributed by atoms with Gasteiger partial charge in [0.2, 0.25) is 0 Å². The summed E-state index contributed by atoms with van der Waals surface area (Å²) in [5.41, 5.74) is -6.31. The van der Waals surface area contributed by atoms with Gasteiger partial charge in [-0.3, -0.25) is 0 Å². The summed E-state index contributed by atoms with van der Waals surface area (Å²) >= 11 is 1.60. The summed E-state index contributed by atoms with van der Waals surface area (Å²) in [4.78, 5) is 0. The van der Waals surface area contributed by atoms with Gasteiger partial charge in [-0.1, -0.05) is 12.1 Å². The molecule has 0 aliphatic carbocycles. The Kier molecular flexibility index (Phi) is 3.93. The predicted octanol–water partition coefficient (Wildman–Crippen LogP) is 3.91. The molecule has 0 fully saturated rings. The minimum atomic E-state index is -5.85. The number of hydrogen-bond donors (Lipinski definition) is 1. The van der Waals surface area contributed by atoms with Crippen LogP contribution >= 0.6 is 22.6 Å². The van der Waals surface area contributed by atoms with Crippen molar-refractivity contribution in [1.29, 1.82) is 0 Å². The molecule has 1 N–H and O–H groups in total. The monoisotopic (exact) mass is 384 g/mol. The van der Waals surface area contributed by atoms with Crippen LogP contribution in [0.25, 0.3) is 0 Å². The molecule has 1 aromatic rings. The normalized spacial score (nSPS) is 13.8. The van der Waals surface area contributed by atoms with Crippen LogP contribution in [0.2, 0.25) is 0 Å². The summed E-state index contributed by atoms with van der Waals surface area (Å²) in [5.74, 6) is 0. The highest BCUT2D eigenvalue weighted by molar-refractivity contribution is 14.1. The molecule has 1 nitrogen and oxygen atoms in total. The lowest BCUT2D eigenvalue weighted by molar-refractivity contribution is -0.376. The van der Waals surface area contributed by atoms with Crippen LogP contribution in [0.3, 0.4) is 0 Å². The van der Waals surface area contributed by atoms with E-state index in [2.05, 4.69) is 0 Å². The smallest absolute Gasteiger partial charge is 0.369 e. The van der Waals surface area contributed by atoms with E-state index in [-0.39, 0.29) is 9.13 Å². The standard InChI is InChI=1S/C10H7F6IO/c1-5-6(3-2-4-7(5)17)8(18,9(11,12)13)10(14,15)16/h2-4,18H,1H3. The van der Waals surface area contributed by atoms with Crippen molar-refractivity contribution in [2.75, 3.05) is 0 Å². The maximum atomic E-state index is 12.6. The highest BCUT2D eigenvalue weighted by atomic mass is 127. The van der Waals surface area contributed by atoms with Crippen LogP contribution in [0.5, 0.6) is 0 Å². The molecule has 0 aliphatic heterocycles. The van der Waals surface area contributed by atoms with Gasteiger partial charge in [0.25, 0.3) is 5.60 Å². The van der Waals surface area contributed by atoms with Gasteiger partial charge in [0, 0.05) is 9.13 Å². The van der Waals surface area contributed by atoms with Gasteiger partial charge in [0.15, 0.2) is 0 Å². The minimum absolute atomic E-state index is 0.206. The van der Waals surface area contributed by atoms with Crippen LogP contribution in [0.4, 0.5) is 26.3 Å². The summed E-state index contributed by atoms with van der Waals surface area (Å²) in [6.07, 6.45) is -11.7. The van der Waals surface area contributed by atoms with Gasteiger partial charge in [0.05, 0.1) is 0 Å². The topological polar surface area (TPSA) is 20.2 Å². The molecule has 0 saturated heterocycles. The molecule has 0 radical (unpaired) electrons. The van der Waals surface area contributed by atoms with Crippen LogP contribution in [-0.2, 0) is 5.60 Å². The Morgan fingerprint density at radius 2 is 1.44 bits per heavy atom. The number of hydrogen-bond acceptors (Lipinski definition) is 1. The number of aliphatic hydroxyl groups is 1. The second-order valence-electron chi connectivity index (χ2n) is 3.62. The van der Waals surface area contributed by atoms with Crippen molar-refractivity contribution >= 4 is 22.6 Å². The second kappa shape index (κ2) is 4.55. The Labute approximate surface area is 112 Å². The van der Waals surface area contributed by atoms with E-state index in [1.807, 2.05) is 0 Å². The van der Waals surface area contributed by atoms with Crippen LogP contribution in [0.1, 0.15) is 11.1 Å². The van der Waals surface area contributed by atoms with Gasteiger partial charge in [-0.05, 0) is 41.1 Å². The lowest BCUT2D eigenvalue weighted by atomic mass is 9.89. The van der Waals surface area contributed by atoms with E-state index in [0.29, 0.717) is 6.07 Å². The average molecular weight is 384 g/mol. The molecule has 0 aromatic heterocycles. The number of halogens is 7. The van der Waals surface area contributed by atoms with Gasteiger partial charge in [-0.15, -0.1) is 0 Å². The Hall–Kier alpha value is -0.510. The highest BCUT2D eigenvalue weighted by Crippen LogP contribution is 2.51. The Balaban J connectivity index is 3.61. The molecule has 8 heteroatoms. The number of alkyl halides is 6. The van der Waals surface area contributed by atoms with E-state index in [1.165, 1.54) is 6.07 Å². The molecule has 0 atom stereocenters. The van der Waals surface area contributed by atoms with Crippen molar-refractivity contribution in [3.8, 4) is 0 Å². The van der Waals surface area contributed by atoms with E-state index < -0.39 is 23.5 Å². The van der Waals surface area contributed by atoms with E-state index in [0.717, 1.165) is 13.0 Å². The summed E-state index contributed by atoms with van der Waals surface area (Å²) in [6.45, 7) is 1.10. The second-order valence-corrected chi connectivity index (χ2v) is 4.78. The Bertz CT molecular complexity index is 437. The van der Waals surface area contributed by atoms with Crippen LogP contribution in [-0.4, -0.2) is 17.5 Å². The zero-order valence-electron chi connectivity index (χ0n) is 8.83. The third-order valence-corrected chi connectivity index (χ3v) is 3.65. The summed E-state index contributed by atoms with van der Waals surface area (Å²) < 4.78 is 76.0. The zero-order valence-corrected chi connectivity index (χ0v) is 11.0. The molecule has 0 amide bonds. The fourth-order valence-electron chi connectivity index (χ4n) is 1.47. The lowest BCUT2D eigenvalue weighted by Crippen LogP contribution is -2.54. The first-order valence-corrected chi connectivity index (χ1v) is 5.62. The third kappa shape index (κ3) is 2.31. The zero-order chi connectivity index (χ0) is 14.4. The van der Waals surface area contributed by atoms with Crippen molar-refractivity contribution in [2.24, 2.45) is 0 Å². The molecular weight excluding hydrogens is 377 g/mol. The molecule has 1 rings (SSSR count). The Morgan fingerprint density at radius 1 is 1.00 bits per heavy atom. The molecule has 0 heterocycles. The highest BCUT2D eigenvalue weighted by Gasteiger charge is 2.71. The largest absolute Gasteiger partial charge is 0.430 e. The first-order valence-electron chi connectivity index (χ1n) is 4.54. The first-order chi connectivity index (χ1) is 7.93. The van der Waals surface area contributed by atoms with Crippen molar-refractivity contribution in [3.63, 3.8) is 0 Å². The van der Waals surface area contributed by atoms with Gasteiger partial charge in [0.1, 0.15) is 0 Å². The molecule has 0 bridgehead atoms. The Morgan fingerprint density at radius 3 is 1.83 bits per heavy atom. The summed E-state index contributed by atoms with van der Waals surface area (Å²) in [6, 6.07) is 3.01. The molecule has 0 spiro atoms. The first kappa shape index (κ1) is 15.5. The average Bonchev–Trinajstić information content (AvgIpc) is 2.17. The molecule has 1 aromatic carbocycles. The van der Waals surface area contributed by atoms with Crippen molar-refractivity contribution in [3.05, 3.63) is 32.9 Å². The fourth-order valence-corrected chi connectivity index (χ4v) is 1.96. The van der Waals surface area contributed by atoms with Crippen LogP contribution in [0, 0.1) is 10.5 Å². The predicted molar refractivity (Wildman–Crippen MR) is 59.9 cm³/mol. The van der Waals surface area contributed by atoms with E-state index >= 15 is 0 Å². The van der Waals surface area contributed by atoms with E-state index in [1.54, 1.807) is 22.6 Å². The fraction of sp³-hybridized carbons (Fsp3) is 0.400. The summed E-state index contributed by atoms with van der Waals surface area (Å²) in [5, 5.41) is 9.21. The molecule has 18 heavy (non-hydrogen) atoms. The molecule has 0 saturated carbocycles. The molecule has 102 valence electrons. The van der Waals surface area contributed by atoms with Gasteiger partial charge < -0.3 is 5.11 Å². The maximum absolute atomic E-state index is 12.6. The van der Waals surface area contributed by atoms with E-state index in [4.69, 9.17) is 0 Å². The van der Waals surface area contributed by atoms with Crippen LogP contribution < -0.4 is 0 Å². The van der Waals surface area contributed by atoms with Crippen molar-refractivity contribution in [1.82, 2.24) is 0 Å². The van der Waals surface area contributed by atoms with Crippen LogP contribution in [0.15, 0.2) is 18.2 Å². The number of benzene rings is 1. The van der Waals surface area contributed by atoms with Gasteiger partial charge in [-0.2, -0.15) is 26.3 Å². The summed E-state index contributed by atoms with van der Waals surface area (Å²) in [7, 11) is 0. The molecule has 0 aliphatic rings. The van der Waals surface area contributed by atoms with Gasteiger partial charge in [-0.25, -0.2) is 0 Å². The van der Waals surface area contributed by atoms with E-state index in [9.17, 15) is 31.4 Å². The van der Waals surface area contributed by atoms with Crippen molar-refractivity contribution < 1.29 is 31.4 Å². The molecular formula is C10H7F6IO. The number of rotatable bonds is 1. The quantitative estimate of drug-likeness (QED) is 0.575. The maximum Gasteiger partial charge on any atom is 0.430 e. The lowest BCUT2D eigenvalue weighted by Gasteiger charge is -2.33. The minimum Gasteiger partial charge on any atom is -0.369 e. The van der Waals surface area contributed by atoms with Crippen molar-refractivity contribution in [2.45, 2.75) is 24.9 Å². The third-order valence-electron chi connectivity index (χ3n) is 2.48. The molecule has 0 unspecified atom stereocenters. The van der Waals surface area contributed by atoms with Gasteiger partial charge >= 0.3 is 12.4 Å². The SMILES string of the molecule is Cc1c(I)cccc1C(O)(C(F)(F)F)C(F)(F)F.